The van der Waals surface area contributed by atoms with Gasteiger partial charge in [-0.2, -0.15) is 0 Å². The van der Waals surface area contributed by atoms with Crippen LogP contribution in [0.2, 0.25) is 0 Å². The molecule has 1 N–H and O–H groups in total. The third kappa shape index (κ3) is 5.56. The van der Waals surface area contributed by atoms with Gasteiger partial charge in [0.2, 0.25) is 0 Å². The summed E-state index contributed by atoms with van der Waals surface area (Å²) in [5, 5.41) is 8.81. The second-order valence-electron chi connectivity index (χ2n) is 5.07. The van der Waals surface area contributed by atoms with Crippen LogP contribution in [0, 0.1) is 0 Å². The molecule has 1 heterocycles. The van der Waals surface area contributed by atoms with Crippen LogP contribution in [0.3, 0.4) is 0 Å². The van der Waals surface area contributed by atoms with Crippen molar-refractivity contribution in [3.8, 4) is 0 Å². The average molecular weight is 254 g/mol. The van der Waals surface area contributed by atoms with Crippen LogP contribution < -0.4 is 0 Å². The zero-order valence-corrected chi connectivity index (χ0v) is 11.5. The zero-order chi connectivity index (χ0) is 13.2. The number of carbonyl (C=O) groups is 1. The predicted molar refractivity (Wildman–Crippen MR) is 72.5 cm³/mol. The van der Waals surface area contributed by atoms with Gasteiger partial charge in [0.25, 0.3) is 0 Å². The molecule has 3 heteroatoms. The third-order valence-corrected chi connectivity index (χ3v) is 3.49. The number of unbranched alkanes of at least 4 members (excludes halogenated alkanes) is 8. The van der Waals surface area contributed by atoms with Crippen molar-refractivity contribution in [2.75, 3.05) is 6.61 Å². The van der Waals surface area contributed by atoms with E-state index < -0.39 is 5.97 Å². The lowest BCUT2D eigenvalue weighted by atomic mass is 10.0. The molecule has 1 rings (SSSR count). The van der Waals surface area contributed by atoms with Crippen molar-refractivity contribution in [3.63, 3.8) is 0 Å². The van der Waals surface area contributed by atoms with Crippen molar-refractivity contribution in [1.29, 1.82) is 0 Å². The predicted octanol–water partition coefficient (Wildman–Crippen LogP) is 4.28. The zero-order valence-electron chi connectivity index (χ0n) is 11.5. The van der Waals surface area contributed by atoms with E-state index in [1.807, 2.05) is 0 Å². The highest BCUT2D eigenvalue weighted by atomic mass is 16.5. The second kappa shape index (κ2) is 9.01. The Kier molecular flexibility index (Phi) is 7.54. The molecule has 0 radical (unpaired) electrons. The first kappa shape index (κ1) is 15.1. The molecule has 0 unspecified atom stereocenters. The minimum absolute atomic E-state index is 0.294. The molecule has 0 saturated carbocycles. The molecular weight excluding hydrogens is 228 g/mol. The summed E-state index contributed by atoms with van der Waals surface area (Å²) >= 11 is 0. The van der Waals surface area contributed by atoms with Crippen LogP contribution in [-0.2, 0) is 9.53 Å². The number of rotatable bonds is 11. The molecule has 0 saturated heterocycles. The van der Waals surface area contributed by atoms with Gasteiger partial charge in [0.1, 0.15) is 17.9 Å². The monoisotopic (exact) mass is 254 g/mol. The average Bonchev–Trinajstić information content (AvgIpc) is 2.29. The van der Waals surface area contributed by atoms with Gasteiger partial charge in [0.15, 0.2) is 0 Å². The molecule has 104 valence electrons. The third-order valence-electron chi connectivity index (χ3n) is 3.49. The van der Waals surface area contributed by atoms with Crippen LogP contribution in [0.4, 0.5) is 0 Å². The van der Waals surface area contributed by atoms with Crippen LogP contribution in [0.5, 0.6) is 0 Å². The molecule has 0 amide bonds. The fourth-order valence-corrected chi connectivity index (χ4v) is 2.25. The Labute approximate surface area is 110 Å². The standard InChI is InChI=1S/C15H26O3/c1-2-3-4-5-6-7-8-9-10-11-14-13(12-18-14)15(16)17/h2-12H2,1H3,(H,16,17). The Morgan fingerprint density at radius 1 is 1.06 bits per heavy atom. The van der Waals surface area contributed by atoms with Crippen molar-refractivity contribution in [2.24, 2.45) is 0 Å². The normalized spacial score (nSPS) is 14.3. The SMILES string of the molecule is CCCCCCCCCCCC1=C(C(=O)O)CO1. The Morgan fingerprint density at radius 3 is 2.06 bits per heavy atom. The number of carboxylic acid groups (broad SMARTS) is 1. The highest BCUT2D eigenvalue weighted by Gasteiger charge is 2.24. The molecule has 0 aliphatic carbocycles. The molecule has 0 atom stereocenters. The topological polar surface area (TPSA) is 46.5 Å². The van der Waals surface area contributed by atoms with E-state index in [-0.39, 0.29) is 0 Å². The number of ether oxygens (including phenoxy) is 1. The first-order valence-corrected chi connectivity index (χ1v) is 7.33. The smallest absolute Gasteiger partial charge is 0.338 e. The van der Waals surface area contributed by atoms with E-state index in [2.05, 4.69) is 6.92 Å². The summed E-state index contributed by atoms with van der Waals surface area (Å²) < 4.78 is 5.18. The summed E-state index contributed by atoms with van der Waals surface area (Å²) in [6, 6.07) is 0. The van der Waals surface area contributed by atoms with E-state index in [1.165, 1.54) is 51.4 Å². The lowest BCUT2D eigenvalue weighted by Crippen LogP contribution is -2.21. The van der Waals surface area contributed by atoms with E-state index >= 15 is 0 Å². The van der Waals surface area contributed by atoms with Gasteiger partial charge in [-0.3, -0.25) is 0 Å². The summed E-state index contributed by atoms with van der Waals surface area (Å²) in [6.07, 6.45) is 12.4. The van der Waals surface area contributed by atoms with Gasteiger partial charge in [-0.15, -0.1) is 0 Å². The van der Waals surface area contributed by atoms with Crippen LogP contribution in [0.25, 0.3) is 0 Å². The molecule has 0 aromatic rings. The van der Waals surface area contributed by atoms with Gasteiger partial charge < -0.3 is 9.84 Å². The molecule has 18 heavy (non-hydrogen) atoms. The van der Waals surface area contributed by atoms with Gasteiger partial charge in [-0.1, -0.05) is 58.3 Å². The van der Waals surface area contributed by atoms with Crippen molar-refractivity contribution >= 4 is 5.97 Å². The minimum Gasteiger partial charge on any atom is -0.492 e. The minimum atomic E-state index is -0.813. The molecular formula is C15H26O3. The second-order valence-corrected chi connectivity index (χ2v) is 5.07. The molecule has 0 spiro atoms. The number of allylic oxidation sites excluding steroid dienone is 1. The number of hydrogen-bond acceptors (Lipinski definition) is 2. The number of carboxylic acids is 1. The van der Waals surface area contributed by atoms with Gasteiger partial charge in [0, 0.05) is 6.42 Å². The fraction of sp³-hybridized carbons (Fsp3) is 0.800. The van der Waals surface area contributed by atoms with Gasteiger partial charge >= 0.3 is 5.97 Å². The number of hydrogen-bond donors (Lipinski definition) is 1. The Morgan fingerprint density at radius 2 is 1.61 bits per heavy atom. The first-order valence-electron chi connectivity index (χ1n) is 7.33. The number of aliphatic carboxylic acids is 1. The molecule has 0 aromatic carbocycles. The summed E-state index contributed by atoms with van der Waals surface area (Å²) in [4.78, 5) is 10.7. The molecule has 0 fully saturated rings. The maximum Gasteiger partial charge on any atom is 0.338 e. The quantitative estimate of drug-likeness (QED) is 0.560. The molecule has 1 aliphatic heterocycles. The van der Waals surface area contributed by atoms with Gasteiger partial charge in [0.05, 0.1) is 0 Å². The van der Waals surface area contributed by atoms with Crippen molar-refractivity contribution in [1.82, 2.24) is 0 Å². The molecule has 0 bridgehead atoms. The Hall–Kier alpha value is -0.990. The molecule has 1 aliphatic rings. The van der Waals surface area contributed by atoms with Crippen LogP contribution in [0.1, 0.15) is 71.1 Å². The lowest BCUT2D eigenvalue weighted by molar-refractivity contribution is -0.134. The summed E-state index contributed by atoms with van der Waals surface area (Å²) in [5.74, 6) is -0.0994. The maximum atomic E-state index is 10.7. The Balaban J connectivity index is 1.90. The van der Waals surface area contributed by atoms with Gasteiger partial charge in [-0.05, 0) is 6.42 Å². The van der Waals surface area contributed by atoms with E-state index in [0.717, 1.165) is 12.8 Å². The van der Waals surface area contributed by atoms with Crippen LogP contribution >= 0.6 is 0 Å². The Bertz CT molecular complexity index is 281. The van der Waals surface area contributed by atoms with E-state index in [0.29, 0.717) is 17.9 Å². The lowest BCUT2D eigenvalue weighted by Gasteiger charge is -2.21. The van der Waals surface area contributed by atoms with E-state index in [1.54, 1.807) is 0 Å². The van der Waals surface area contributed by atoms with Crippen LogP contribution in [-0.4, -0.2) is 17.7 Å². The fourth-order valence-electron chi connectivity index (χ4n) is 2.25. The molecule has 0 aromatic heterocycles. The van der Waals surface area contributed by atoms with E-state index in [9.17, 15) is 4.79 Å². The highest BCUT2D eigenvalue weighted by molar-refractivity contribution is 5.88. The summed E-state index contributed by atoms with van der Waals surface area (Å²) in [6.45, 7) is 2.53. The van der Waals surface area contributed by atoms with Crippen molar-refractivity contribution in [3.05, 3.63) is 11.3 Å². The summed E-state index contributed by atoms with van der Waals surface area (Å²) in [7, 11) is 0. The van der Waals surface area contributed by atoms with Crippen molar-refractivity contribution in [2.45, 2.75) is 71.1 Å². The van der Waals surface area contributed by atoms with E-state index in [4.69, 9.17) is 9.84 Å². The largest absolute Gasteiger partial charge is 0.492 e. The first-order chi connectivity index (χ1) is 8.75. The van der Waals surface area contributed by atoms with Crippen LogP contribution in [0.15, 0.2) is 11.3 Å². The highest BCUT2D eigenvalue weighted by Crippen LogP contribution is 2.24. The maximum absolute atomic E-state index is 10.7. The summed E-state index contributed by atoms with van der Waals surface area (Å²) in [5.41, 5.74) is 0.481. The molecule has 3 nitrogen and oxygen atoms in total. The van der Waals surface area contributed by atoms with Crippen molar-refractivity contribution < 1.29 is 14.6 Å². The van der Waals surface area contributed by atoms with Gasteiger partial charge in [-0.25, -0.2) is 4.79 Å².